The molecule has 0 bridgehead atoms. The molecule has 2 aromatic carbocycles. The van der Waals surface area contributed by atoms with Crippen LogP contribution in [0.15, 0.2) is 42.5 Å². The Balaban J connectivity index is 1.95. The number of nitrogen functional groups attached to an aromatic ring is 1. The maximum absolute atomic E-state index is 11.9. The lowest BCUT2D eigenvalue weighted by Crippen LogP contribution is -2.20. The number of nitrogens with two attached hydrogens (primary N) is 1. The van der Waals surface area contributed by atoms with E-state index in [0.717, 1.165) is 0 Å². The van der Waals surface area contributed by atoms with Crippen molar-refractivity contribution in [2.75, 3.05) is 31.9 Å². The fraction of sp³-hybridized carbons (Fsp3) is 0.188. The normalized spacial score (nSPS) is 9.91. The predicted molar refractivity (Wildman–Crippen MR) is 84.5 cm³/mol. The van der Waals surface area contributed by atoms with Crippen LogP contribution < -0.4 is 25.3 Å². The second-order valence-electron chi connectivity index (χ2n) is 4.47. The third-order valence-electron chi connectivity index (χ3n) is 2.93. The first-order chi connectivity index (χ1) is 10.6. The third kappa shape index (κ3) is 4.05. The van der Waals surface area contributed by atoms with Gasteiger partial charge in [0, 0.05) is 11.8 Å². The van der Waals surface area contributed by atoms with E-state index in [1.807, 2.05) is 0 Å². The van der Waals surface area contributed by atoms with E-state index >= 15 is 0 Å². The lowest BCUT2D eigenvalue weighted by atomic mass is 10.2. The van der Waals surface area contributed by atoms with Crippen molar-refractivity contribution in [3.63, 3.8) is 0 Å². The third-order valence-corrected chi connectivity index (χ3v) is 2.93. The van der Waals surface area contributed by atoms with Crippen molar-refractivity contribution >= 4 is 17.3 Å². The average Bonchev–Trinajstić information content (AvgIpc) is 2.54. The number of benzene rings is 2. The van der Waals surface area contributed by atoms with Crippen molar-refractivity contribution in [3.8, 4) is 17.2 Å². The van der Waals surface area contributed by atoms with Gasteiger partial charge in [-0.25, -0.2) is 0 Å². The highest BCUT2D eigenvalue weighted by Gasteiger charge is 2.09. The molecule has 3 N–H and O–H groups in total. The molecule has 0 aliphatic rings. The standard InChI is InChI=1S/C16H18N2O4/c1-20-13-7-8-14(15(9-13)21-2)18-16(19)10-22-12-5-3-11(17)4-6-12/h3-9H,10,17H2,1-2H3,(H,18,19). The molecule has 0 aromatic heterocycles. The Morgan fingerprint density at radius 3 is 2.36 bits per heavy atom. The minimum absolute atomic E-state index is 0.112. The van der Waals surface area contributed by atoms with Crippen molar-refractivity contribution in [2.24, 2.45) is 0 Å². The highest BCUT2D eigenvalue weighted by atomic mass is 16.5. The first-order valence-electron chi connectivity index (χ1n) is 6.62. The summed E-state index contributed by atoms with van der Waals surface area (Å²) in [4.78, 5) is 11.9. The molecule has 2 rings (SSSR count). The fourth-order valence-electron chi connectivity index (χ4n) is 1.80. The highest BCUT2D eigenvalue weighted by Crippen LogP contribution is 2.28. The second kappa shape index (κ2) is 7.21. The van der Waals surface area contributed by atoms with Crippen LogP contribution in [0, 0.1) is 0 Å². The minimum Gasteiger partial charge on any atom is -0.497 e. The van der Waals surface area contributed by atoms with E-state index in [9.17, 15) is 4.79 Å². The Kier molecular flexibility index (Phi) is 5.08. The van der Waals surface area contributed by atoms with Gasteiger partial charge in [-0.2, -0.15) is 0 Å². The van der Waals surface area contributed by atoms with Crippen molar-refractivity contribution < 1.29 is 19.0 Å². The SMILES string of the molecule is COc1ccc(NC(=O)COc2ccc(N)cc2)c(OC)c1. The number of ether oxygens (including phenoxy) is 3. The van der Waals surface area contributed by atoms with Crippen LogP contribution in [-0.2, 0) is 4.79 Å². The van der Waals surface area contributed by atoms with E-state index < -0.39 is 0 Å². The van der Waals surface area contributed by atoms with Gasteiger partial charge in [0.2, 0.25) is 0 Å². The number of hydrogen-bond donors (Lipinski definition) is 2. The Bertz CT molecular complexity index is 641. The highest BCUT2D eigenvalue weighted by molar-refractivity contribution is 5.93. The van der Waals surface area contributed by atoms with E-state index in [1.165, 1.54) is 7.11 Å². The first kappa shape index (κ1) is 15.5. The Hall–Kier alpha value is -2.89. The summed E-state index contributed by atoms with van der Waals surface area (Å²) in [6.07, 6.45) is 0. The Morgan fingerprint density at radius 1 is 1.05 bits per heavy atom. The van der Waals surface area contributed by atoms with Crippen LogP contribution in [0.5, 0.6) is 17.2 Å². The van der Waals surface area contributed by atoms with Gasteiger partial charge in [0.1, 0.15) is 17.2 Å². The van der Waals surface area contributed by atoms with Gasteiger partial charge in [0.15, 0.2) is 6.61 Å². The number of methoxy groups -OCH3 is 2. The molecule has 116 valence electrons. The molecule has 6 nitrogen and oxygen atoms in total. The van der Waals surface area contributed by atoms with Crippen LogP contribution in [0.2, 0.25) is 0 Å². The zero-order chi connectivity index (χ0) is 15.9. The molecule has 0 fully saturated rings. The van der Waals surface area contributed by atoms with Crippen molar-refractivity contribution in [2.45, 2.75) is 0 Å². The number of amides is 1. The van der Waals surface area contributed by atoms with Crippen LogP contribution in [0.3, 0.4) is 0 Å². The summed E-state index contributed by atoms with van der Waals surface area (Å²) in [7, 11) is 3.09. The summed E-state index contributed by atoms with van der Waals surface area (Å²) < 4.78 is 15.7. The smallest absolute Gasteiger partial charge is 0.262 e. The van der Waals surface area contributed by atoms with Crippen LogP contribution in [0.4, 0.5) is 11.4 Å². The molecule has 0 aliphatic carbocycles. The van der Waals surface area contributed by atoms with Gasteiger partial charge in [0.25, 0.3) is 5.91 Å². The zero-order valence-electron chi connectivity index (χ0n) is 12.5. The van der Waals surface area contributed by atoms with Gasteiger partial charge < -0.3 is 25.3 Å². The largest absolute Gasteiger partial charge is 0.497 e. The summed E-state index contributed by atoms with van der Waals surface area (Å²) in [5, 5.41) is 2.73. The molecule has 1 amide bonds. The topological polar surface area (TPSA) is 82.8 Å². The van der Waals surface area contributed by atoms with Crippen molar-refractivity contribution in [3.05, 3.63) is 42.5 Å². The summed E-state index contributed by atoms with van der Waals surface area (Å²) in [5.74, 6) is 1.44. The van der Waals surface area contributed by atoms with Crippen LogP contribution >= 0.6 is 0 Å². The summed E-state index contributed by atoms with van der Waals surface area (Å²) in [6, 6.07) is 12.0. The molecule has 2 aromatic rings. The molecule has 22 heavy (non-hydrogen) atoms. The number of rotatable bonds is 6. The summed E-state index contributed by atoms with van der Waals surface area (Å²) in [6.45, 7) is -0.112. The lowest BCUT2D eigenvalue weighted by Gasteiger charge is -2.12. The summed E-state index contributed by atoms with van der Waals surface area (Å²) in [5.41, 5.74) is 6.77. The molecule has 0 heterocycles. The first-order valence-corrected chi connectivity index (χ1v) is 6.62. The molecule has 0 aliphatic heterocycles. The molecular weight excluding hydrogens is 284 g/mol. The number of carbonyl (C=O) groups is 1. The molecule has 0 saturated carbocycles. The second-order valence-corrected chi connectivity index (χ2v) is 4.47. The van der Waals surface area contributed by atoms with Gasteiger partial charge >= 0.3 is 0 Å². The van der Waals surface area contributed by atoms with Gasteiger partial charge in [-0.15, -0.1) is 0 Å². The monoisotopic (exact) mass is 302 g/mol. The molecular formula is C16H18N2O4. The van der Waals surface area contributed by atoms with E-state index in [-0.39, 0.29) is 12.5 Å². The van der Waals surface area contributed by atoms with Gasteiger partial charge in [-0.3, -0.25) is 4.79 Å². The van der Waals surface area contributed by atoms with E-state index in [4.69, 9.17) is 19.9 Å². The van der Waals surface area contributed by atoms with Crippen LogP contribution in [0.25, 0.3) is 0 Å². The number of hydrogen-bond acceptors (Lipinski definition) is 5. The Labute approximate surface area is 128 Å². The molecule has 0 atom stereocenters. The van der Waals surface area contributed by atoms with Crippen molar-refractivity contribution in [1.29, 1.82) is 0 Å². The van der Waals surface area contributed by atoms with E-state index in [0.29, 0.717) is 28.6 Å². The van der Waals surface area contributed by atoms with Gasteiger partial charge in [0.05, 0.1) is 19.9 Å². The number of anilines is 2. The minimum atomic E-state index is -0.291. The maximum Gasteiger partial charge on any atom is 0.262 e. The van der Waals surface area contributed by atoms with E-state index in [2.05, 4.69) is 5.32 Å². The lowest BCUT2D eigenvalue weighted by molar-refractivity contribution is -0.118. The number of carbonyl (C=O) groups excluding carboxylic acids is 1. The quantitative estimate of drug-likeness (QED) is 0.800. The predicted octanol–water partition coefficient (Wildman–Crippen LogP) is 2.30. The molecule has 0 radical (unpaired) electrons. The van der Waals surface area contributed by atoms with Crippen LogP contribution in [0.1, 0.15) is 0 Å². The molecule has 6 heteroatoms. The summed E-state index contributed by atoms with van der Waals surface area (Å²) >= 11 is 0. The molecule has 0 spiro atoms. The van der Waals surface area contributed by atoms with Crippen molar-refractivity contribution in [1.82, 2.24) is 0 Å². The Morgan fingerprint density at radius 2 is 1.73 bits per heavy atom. The molecule has 0 saturated heterocycles. The number of nitrogens with one attached hydrogen (secondary N) is 1. The average molecular weight is 302 g/mol. The maximum atomic E-state index is 11.9. The fourth-order valence-corrected chi connectivity index (χ4v) is 1.80. The molecule has 0 unspecified atom stereocenters. The zero-order valence-corrected chi connectivity index (χ0v) is 12.5. The van der Waals surface area contributed by atoms with E-state index in [1.54, 1.807) is 49.6 Å². The van der Waals surface area contributed by atoms with Gasteiger partial charge in [-0.1, -0.05) is 0 Å². The van der Waals surface area contributed by atoms with Crippen LogP contribution in [-0.4, -0.2) is 26.7 Å². The van der Waals surface area contributed by atoms with Gasteiger partial charge in [-0.05, 0) is 36.4 Å².